The molecule has 2 heterocycles. The van der Waals surface area contributed by atoms with Gasteiger partial charge in [0.15, 0.2) is 5.82 Å². The van der Waals surface area contributed by atoms with Crippen molar-refractivity contribution >= 4 is 23.4 Å². The summed E-state index contributed by atoms with van der Waals surface area (Å²) in [7, 11) is 0. The van der Waals surface area contributed by atoms with Gasteiger partial charge in [0.25, 0.3) is 0 Å². The molecular weight excluding hydrogens is 388 g/mol. The molecule has 0 bridgehead atoms. The van der Waals surface area contributed by atoms with E-state index < -0.39 is 5.97 Å². The number of hydrogen-bond acceptors (Lipinski definition) is 4. The molecule has 2 aromatic heterocycles. The minimum Gasteiger partial charge on any atom is -0.478 e. The Balaban J connectivity index is 1.60. The van der Waals surface area contributed by atoms with E-state index in [1.54, 1.807) is 23.0 Å². The van der Waals surface area contributed by atoms with Crippen LogP contribution in [0.1, 0.15) is 53.2 Å². The molecule has 1 aliphatic rings. The van der Waals surface area contributed by atoms with Gasteiger partial charge in [-0.2, -0.15) is 5.10 Å². The lowest BCUT2D eigenvalue weighted by Crippen LogP contribution is -2.20. The molecule has 0 aliphatic heterocycles. The maximum absolute atomic E-state index is 11.2. The van der Waals surface area contributed by atoms with E-state index in [-0.39, 0.29) is 6.04 Å². The largest absolute Gasteiger partial charge is 0.478 e. The van der Waals surface area contributed by atoms with Crippen LogP contribution in [0.2, 0.25) is 0 Å². The molecule has 0 radical (unpaired) electrons. The molecule has 7 heteroatoms. The molecule has 1 unspecified atom stereocenters. The number of carboxylic acids is 1. The van der Waals surface area contributed by atoms with Gasteiger partial charge in [0.05, 0.1) is 23.7 Å². The summed E-state index contributed by atoms with van der Waals surface area (Å²) in [5.74, 6) is 1.48. The lowest BCUT2D eigenvalue weighted by molar-refractivity contribution is 0.0697. The van der Waals surface area contributed by atoms with Crippen molar-refractivity contribution in [3.63, 3.8) is 0 Å². The Morgan fingerprint density at radius 3 is 2.62 bits per heavy atom. The van der Waals surface area contributed by atoms with E-state index >= 15 is 0 Å². The zero-order valence-corrected chi connectivity index (χ0v) is 16.7. The number of aromatic nitrogens is 3. The molecule has 1 fully saturated rings. The van der Waals surface area contributed by atoms with E-state index in [9.17, 15) is 9.90 Å². The first-order valence-electron chi connectivity index (χ1n) is 9.81. The fourth-order valence-electron chi connectivity index (χ4n) is 3.94. The van der Waals surface area contributed by atoms with Crippen LogP contribution < -0.4 is 5.32 Å². The van der Waals surface area contributed by atoms with Crippen LogP contribution in [0, 0.1) is 5.92 Å². The van der Waals surface area contributed by atoms with Gasteiger partial charge >= 0.3 is 5.97 Å². The van der Waals surface area contributed by atoms with Gasteiger partial charge in [-0.05, 0) is 48.6 Å². The number of rotatable bonds is 7. The number of carboxylic acid groups (broad SMARTS) is 1. The maximum atomic E-state index is 11.2. The molecule has 1 aliphatic carbocycles. The van der Waals surface area contributed by atoms with Gasteiger partial charge in [-0.1, -0.05) is 31.0 Å². The lowest BCUT2D eigenvalue weighted by atomic mass is 9.91. The number of hydrogen-bond donors (Lipinski definition) is 2. The topological polar surface area (TPSA) is 80.0 Å². The summed E-state index contributed by atoms with van der Waals surface area (Å²) in [4.78, 5) is 15.9. The molecule has 0 amide bonds. The number of pyridine rings is 1. The third-order valence-corrected chi connectivity index (χ3v) is 5.76. The normalized spacial score (nSPS) is 15.3. The molecule has 6 nitrogen and oxygen atoms in total. The summed E-state index contributed by atoms with van der Waals surface area (Å²) in [6, 6.07) is 13.0. The summed E-state index contributed by atoms with van der Waals surface area (Å²) in [6.45, 7) is 0. The Labute approximate surface area is 174 Å². The smallest absolute Gasteiger partial charge is 0.335 e. The number of halogens is 1. The van der Waals surface area contributed by atoms with E-state index in [0.717, 1.165) is 35.6 Å². The van der Waals surface area contributed by atoms with Crippen molar-refractivity contribution in [2.75, 3.05) is 5.32 Å². The highest BCUT2D eigenvalue weighted by molar-refractivity contribution is 6.17. The third kappa shape index (κ3) is 4.43. The second-order valence-corrected chi connectivity index (χ2v) is 7.67. The summed E-state index contributed by atoms with van der Waals surface area (Å²) in [5, 5.41) is 17.1. The van der Waals surface area contributed by atoms with E-state index in [1.165, 1.54) is 12.8 Å². The predicted molar refractivity (Wildman–Crippen MR) is 113 cm³/mol. The molecule has 1 atom stereocenters. The van der Waals surface area contributed by atoms with Gasteiger partial charge in [-0.3, -0.25) is 0 Å². The Morgan fingerprint density at radius 2 is 1.97 bits per heavy atom. The number of benzene rings is 1. The van der Waals surface area contributed by atoms with Crippen LogP contribution >= 0.6 is 11.6 Å². The minimum atomic E-state index is -0.910. The van der Waals surface area contributed by atoms with Gasteiger partial charge in [-0.25, -0.2) is 14.5 Å². The fraction of sp³-hybridized carbons (Fsp3) is 0.318. The summed E-state index contributed by atoms with van der Waals surface area (Å²) >= 11 is 5.88. The van der Waals surface area contributed by atoms with E-state index in [0.29, 0.717) is 17.4 Å². The number of aromatic carboxylic acids is 1. The van der Waals surface area contributed by atoms with Crippen molar-refractivity contribution in [1.29, 1.82) is 0 Å². The summed E-state index contributed by atoms with van der Waals surface area (Å²) in [5.41, 5.74) is 2.32. The van der Waals surface area contributed by atoms with Crippen LogP contribution in [-0.2, 0) is 5.88 Å². The highest BCUT2D eigenvalue weighted by Crippen LogP contribution is 2.37. The molecule has 4 rings (SSSR count). The maximum Gasteiger partial charge on any atom is 0.335 e. The monoisotopic (exact) mass is 410 g/mol. The van der Waals surface area contributed by atoms with Crippen molar-refractivity contribution in [1.82, 2.24) is 14.8 Å². The molecule has 1 aromatic carbocycles. The van der Waals surface area contributed by atoms with Crippen molar-refractivity contribution in [2.45, 2.75) is 37.6 Å². The van der Waals surface area contributed by atoms with Crippen LogP contribution in [0.4, 0.5) is 5.82 Å². The van der Waals surface area contributed by atoms with Gasteiger partial charge in [-0.15, -0.1) is 11.6 Å². The molecule has 150 valence electrons. The molecule has 29 heavy (non-hydrogen) atoms. The molecule has 2 N–H and O–H groups in total. The van der Waals surface area contributed by atoms with Crippen LogP contribution in [0.15, 0.2) is 54.9 Å². The fourth-order valence-corrected chi connectivity index (χ4v) is 4.08. The highest BCUT2D eigenvalue weighted by atomic mass is 35.5. The summed E-state index contributed by atoms with van der Waals surface area (Å²) < 4.78 is 1.72. The zero-order chi connectivity index (χ0) is 20.2. The first kappa shape index (κ1) is 19.5. The number of carbonyl (C=O) groups is 1. The molecule has 1 saturated carbocycles. The number of nitrogens with zero attached hydrogens (tertiary/aromatic N) is 3. The Hall–Kier alpha value is -2.86. The second kappa shape index (κ2) is 8.66. The summed E-state index contributed by atoms with van der Waals surface area (Å²) in [6.07, 6.45) is 8.35. The van der Waals surface area contributed by atoms with Gasteiger partial charge in [0, 0.05) is 11.8 Å². The van der Waals surface area contributed by atoms with E-state index in [4.69, 9.17) is 16.6 Å². The van der Waals surface area contributed by atoms with E-state index in [2.05, 4.69) is 10.4 Å². The average molecular weight is 411 g/mol. The van der Waals surface area contributed by atoms with Crippen LogP contribution in [0.5, 0.6) is 0 Å². The Bertz CT molecular complexity index is 980. The molecule has 3 aromatic rings. The standard InChI is InChI=1S/C22H23ClN4O2/c23-12-15-13-24-27(14-15)20-7-3-6-19(25-20)26-21(16-4-1-2-5-16)17-8-10-18(11-9-17)22(28)29/h3,6-11,13-14,16,21H,1-2,4-5,12H2,(H,25,26)(H,28,29). The molecule has 0 saturated heterocycles. The van der Waals surface area contributed by atoms with Crippen LogP contribution in [-0.4, -0.2) is 25.8 Å². The molecular formula is C22H23ClN4O2. The minimum absolute atomic E-state index is 0.0825. The van der Waals surface area contributed by atoms with Crippen LogP contribution in [0.3, 0.4) is 0 Å². The first-order chi connectivity index (χ1) is 14.1. The molecule has 0 spiro atoms. The second-order valence-electron chi connectivity index (χ2n) is 7.40. The number of alkyl halides is 1. The van der Waals surface area contributed by atoms with Crippen molar-refractivity contribution in [2.24, 2.45) is 5.92 Å². The Morgan fingerprint density at radius 1 is 1.21 bits per heavy atom. The van der Waals surface area contributed by atoms with Crippen molar-refractivity contribution in [3.8, 4) is 5.82 Å². The lowest BCUT2D eigenvalue weighted by Gasteiger charge is -2.26. The van der Waals surface area contributed by atoms with Crippen LogP contribution in [0.25, 0.3) is 5.82 Å². The number of nitrogens with one attached hydrogen (secondary N) is 1. The predicted octanol–water partition coefficient (Wildman–Crippen LogP) is 5.05. The average Bonchev–Trinajstić information content (AvgIpc) is 3.44. The van der Waals surface area contributed by atoms with Crippen molar-refractivity contribution in [3.05, 3.63) is 71.5 Å². The van der Waals surface area contributed by atoms with Gasteiger partial charge in [0.1, 0.15) is 5.82 Å². The number of anilines is 1. The highest BCUT2D eigenvalue weighted by Gasteiger charge is 2.27. The third-order valence-electron chi connectivity index (χ3n) is 5.45. The zero-order valence-electron chi connectivity index (χ0n) is 16.0. The SMILES string of the molecule is O=C(O)c1ccc(C(Nc2cccc(-n3cc(CCl)cn3)n2)C2CCCC2)cc1. The first-order valence-corrected chi connectivity index (χ1v) is 10.3. The quantitative estimate of drug-likeness (QED) is 0.533. The van der Waals surface area contributed by atoms with E-state index in [1.807, 2.05) is 36.5 Å². The van der Waals surface area contributed by atoms with Gasteiger partial charge in [0.2, 0.25) is 0 Å². The Kier molecular flexibility index (Phi) is 5.81. The van der Waals surface area contributed by atoms with Gasteiger partial charge < -0.3 is 10.4 Å². The van der Waals surface area contributed by atoms with Crippen molar-refractivity contribution < 1.29 is 9.90 Å².